The van der Waals surface area contributed by atoms with Crippen molar-refractivity contribution >= 4 is 17.6 Å². The Balaban J connectivity index is 1.76. The Morgan fingerprint density at radius 1 is 0.970 bits per heavy atom. The van der Waals surface area contributed by atoms with E-state index in [4.69, 9.17) is 14.0 Å². The van der Waals surface area contributed by atoms with Crippen molar-refractivity contribution in [2.45, 2.75) is 6.92 Å². The summed E-state index contributed by atoms with van der Waals surface area (Å²) in [6, 6.07) is 14.9. The second-order valence-electron chi connectivity index (χ2n) is 7.10. The molecule has 2 heterocycles. The van der Waals surface area contributed by atoms with E-state index in [0.717, 1.165) is 11.1 Å². The summed E-state index contributed by atoms with van der Waals surface area (Å²) in [4.78, 5) is 31.1. The summed E-state index contributed by atoms with van der Waals surface area (Å²) in [6.45, 7) is 1.98. The zero-order valence-electron chi connectivity index (χ0n) is 18.3. The molecule has 8 nitrogen and oxygen atoms in total. The maximum absolute atomic E-state index is 12.6. The van der Waals surface area contributed by atoms with Crippen LogP contribution in [0.25, 0.3) is 22.8 Å². The van der Waals surface area contributed by atoms with Crippen LogP contribution in [0.2, 0.25) is 0 Å². The Morgan fingerprint density at radius 2 is 1.76 bits per heavy atom. The SMILES string of the molecule is COC(=O)C1=C(C(=O)OC)N(c2cccc(-c3nc(-c4ccccc4C)no3)c2)C=CC=C1. The van der Waals surface area contributed by atoms with Crippen molar-refractivity contribution in [3.63, 3.8) is 0 Å². The first kappa shape index (κ1) is 21.8. The maximum Gasteiger partial charge on any atom is 0.355 e. The number of anilines is 1. The molecule has 0 saturated heterocycles. The van der Waals surface area contributed by atoms with E-state index in [1.165, 1.54) is 20.3 Å². The highest BCUT2D eigenvalue weighted by Crippen LogP contribution is 2.31. The molecule has 0 N–H and O–H groups in total. The number of carbonyl (C=O) groups is 2. The number of hydrogen-bond acceptors (Lipinski definition) is 8. The minimum Gasteiger partial charge on any atom is -0.465 e. The summed E-state index contributed by atoms with van der Waals surface area (Å²) in [5, 5.41) is 4.12. The molecule has 0 bridgehead atoms. The zero-order valence-corrected chi connectivity index (χ0v) is 18.3. The van der Waals surface area contributed by atoms with Crippen LogP contribution >= 0.6 is 0 Å². The van der Waals surface area contributed by atoms with E-state index in [2.05, 4.69) is 10.1 Å². The van der Waals surface area contributed by atoms with Gasteiger partial charge in [-0.2, -0.15) is 4.98 Å². The lowest BCUT2D eigenvalue weighted by Crippen LogP contribution is -2.26. The number of aryl methyl sites for hydroxylation is 1. The standard InChI is InChI=1S/C25H21N3O5/c1-16-9-4-5-12-19(16)22-26-23(33-27-22)17-10-8-11-18(15-17)28-14-7-6-13-20(24(29)31-2)21(28)25(30)32-3/h4-15H,1-3H3. The first-order chi connectivity index (χ1) is 16.0. The molecule has 0 fully saturated rings. The first-order valence-electron chi connectivity index (χ1n) is 10.1. The van der Waals surface area contributed by atoms with E-state index in [9.17, 15) is 9.59 Å². The van der Waals surface area contributed by atoms with Crippen LogP contribution in [0.4, 0.5) is 5.69 Å². The number of benzene rings is 2. The van der Waals surface area contributed by atoms with Crippen molar-refractivity contribution in [1.82, 2.24) is 10.1 Å². The van der Waals surface area contributed by atoms with Crippen LogP contribution in [-0.4, -0.2) is 36.3 Å². The second kappa shape index (κ2) is 9.35. The third kappa shape index (κ3) is 4.31. The second-order valence-corrected chi connectivity index (χ2v) is 7.10. The Morgan fingerprint density at radius 3 is 2.52 bits per heavy atom. The maximum atomic E-state index is 12.6. The van der Waals surface area contributed by atoms with Crippen molar-refractivity contribution in [3.05, 3.63) is 89.8 Å². The Bertz CT molecular complexity index is 1300. The highest BCUT2D eigenvalue weighted by molar-refractivity contribution is 6.05. The van der Waals surface area contributed by atoms with Crippen LogP contribution in [0, 0.1) is 6.92 Å². The predicted molar refractivity (Wildman–Crippen MR) is 122 cm³/mol. The number of ether oxygens (including phenoxy) is 2. The Labute approximate surface area is 190 Å². The number of nitrogens with zero attached hydrogens (tertiary/aromatic N) is 3. The molecule has 1 aliphatic rings. The number of hydrogen-bond donors (Lipinski definition) is 0. The molecule has 0 aliphatic carbocycles. The molecule has 8 heteroatoms. The molecule has 0 amide bonds. The Kier molecular flexibility index (Phi) is 6.17. The van der Waals surface area contributed by atoms with E-state index in [1.807, 2.05) is 37.3 Å². The van der Waals surface area contributed by atoms with Gasteiger partial charge in [-0.1, -0.05) is 41.6 Å². The van der Waals surface area contributed by atoms with Gasteiger partial charge in [-0.05, 0) is 42.8 Å². The average Bonchev–Trinajstić information content (AvgIpc) is 3.23. The molecule has 2 aromatic carbocycles. The number of allylic oxidation sites excluding steroid dienone is 2. The highest BCUT2D eigenvalue weighted by Gasteiger charge is 2.27. The summed E-state index contributed by atoms with van der Waals surface area (Å²) >= 11 is 0. The molecule has 1 aliphatic heterocycles. The van der Waals surface area contributed by atoms with Crippen LogP contribution in [-0.2, 0) is 19.1 Å². The fraction of sp³-hybridized carbons (Fsp3) is 0.120. The van der Waals surface area contributed by atoms with E-state index in [-0.39, 0.29) is 11.3 Å². The lowest BCUT2D eigenvalue weighted by molar-refractivity contribution is -0.139. The molecular formula is C25H21N3O5. The summed E-state index contributed by atoms with van der Waals surface area (Å²) in [5.74, 6) is -0.535. The molecule has 0 spiro atoms. The Hall–Kier alpha value is -4.46. The molecule has 0 radical (unpaired) electrons. The molecule has 0 unspecified atom stereocenters. The molecule has 4 rings (SSSR count). The van der Waals surface area contributed by atoms with Gasteiger partial charge in [-0.25, -0.2) is 9.59 Å². The van der Waals surface area contributed by atoms with Crippen LogP contribution < -0.4 is 4.90 Å². The largest absolute Gasteiger partial charge is 0.465 e. The van der Waals surface area contributed by atoms with Gasteiger partial charge in [0.2, 0.25) is 5.82 Å². The topological polar surface area (TPSA) is 94.8 Å². The highest BCUT2D eigenvalue weighted by atomic mass is 16.5. The van der Waals surface area contributed by atoms with E-state index < -0.39 is 11.9 Å². The molecule has 1 aromatic heterocycles. The van der Waals surface area contributed by atoms with Gasteiger partial charge >= 0.3 is 11.9 Å². The van der Waals surface area contributed by atoms with Gasteiger partial charge in [0.15, 0.2) is 0 Å². The van der Waals surface area contributed by atoms with Gasteiger partial charge in [-0.3, -0.25) is 0 Å². The van der Waals surface area contributed by atoms with Crippen molar-refractivity contribution in [2.75, 3.05) is 19.1 Å². The number of rotatable bonds is 5. The molecule has 3 aromatic rings. The molecule has 166 valence electrons. The molecule has 0 saturated carbocycles. The van der Waals surface area contributed by atoms with Crippen LogP contribution in [0.15, 0.2) is 88.8 Å². The number of methoxy groups -OCH3 is 2. The minimum atomic E-state index is -0.684. The van der Waals surface area contributed by atoms with Gasteiger partial charge in [0.1, 0.15) is 5.70 Å². The van der Waals surface area contributed by atoms with Crippen molar-refractivity contribution < 1.29 is 23.6 Å². The zero-order chi connectivity index (χ0) is 23.4. The third-order valence-corrected chi connectivity index (χ3v) is 5.07. The summed E-state index contributed by atoms with van der Waals surface area (Å²) in [6.07, 6.45) is 6.51. The van der Waals surface area contributed by atoms with Gasteiger partial charge in [0.05, 0.1) is 19.8 Å². The lowest BCUT2D eigenvalue weighted by Gasteiger charge is -2.23. The van der Waals surface area contributed by atoms with E-state index in [1.54, 1.807) is 41.5 Å². The summed E-state index contributed by atoms with van der Waals surface area (Å²) < 4.78 is 15.3. The summed E-state index contributed by atoms with van der Waals surface area (Å²) in [5.41, 5.74) is 3.24. The van der Waals surface area contributed by atoms with Gasteiger partial charge in [-0.15, -0.1) is 0 Å². The van der Waals surface area contributed by atoms with E-state index >= 15 is 0 Å². The number of carbonyl (C=O) groups excluding carboxylic acids is 2. The minimum absolute atomic E-state index is 0.0256. The smallest absolute Gasteiger partial charge is 0.355 e. The van der Waals surface area contributed by atoms with Crippen LogP contribution in [0.5, 0.6) is 0 Å². The quantitative estimate of drug-likeness (QED) is 0.542. The normalized spacial score (nSPS) is 13.1. The van der Waals surface area contributed by atoms with Gasteiger partial charge in [0.25, 0.3) is 5.89 Å². The van der Waals surface area contributed by atoms with Crippen LogP contribution in [0.1, 0.15) is 5.56 Å². The van der Waals surface area contributed by atoms with Gasteiger partial charge in [0, 0.05) is 23.0 Å². The predicted octanol–water partition coefficient (Wildman–Crippen LogP) is 4.20. The number of aromatic nitrogens is 2. The number of esters is 2. The first-order valence-corrected chi connectivity index (χ1v) is 10.1. The molecule has 0 atom stereocenters. The average molecular weight is 443 g/mol. The monoisotopic (exact) mass is 443 g/mol. The van der Waals surface area contributed by atoms with E-state index in [0.29, 0.717) is 23.0 Å². The molecular weight excluding hydrogens is 422 g/mol. The fourth-order valence-corrected chi connectivity index (χ4v) is 3.43. The lowest BCUT2D eigenvalue weighted by atomic mass is 10.1. The third-order valence-electron chi connectivity index (χ3n) is 5.07. The van der Waals surface area contributed by atoms with Crippen molar-refractivity contribution in [1.29, 1.82) is 0 Å². The van der Waals surface area contributed by atoms with Crippen molar-refractivity contribution in [3.8, 4) is 22.8 Å². The van der Waals surface area contributed by atoms with Crippen LogP contribution in [0.3, 0.4) is 0 Å². The molecule has 33 heavy (non-hydrogen) atoms. The fourth-order valence-electron chi connectivity index (χ4n) is 3.43. The van der Waals surface area contributed by atoms with Crippen molar-refractivity contribution in [2.24, 2.45) is 0 Å². The van der Waals surface area contributed by atoms with Gasteiger partial charge < -0.3 is 18.9 Å². The summed E-state index contributed by atoms with van der Waals surface area (Å²) in [7, 11) is 2.51.